The SMILES string of the molecule is C[C@H]1c2ccc(N(C)C3CCN(C)CC3)c(O)c2C(=O)C2C(=O)[C@]3(O)C(=O)C(C(N)=O)C(=O)[C@@H](N(C)C)[C@@H]3[C@@H](O)[C@@H]21. The fraction of sp³-hybridized carbons (Fsp3) is 0.621. The van der Waals surface area contributed by atoms with Gasteiger partial charge in [-0.25, -0.2) is 0 Å². The van der Waals surface area contributed by atoms with Gasteiger partial charge in [-0.05, 0) is 64.6 Å². The highest BCUT2D eigenvalue weighted by Crippen LogP contribution is 2.55. The Morgan fingerprint density at radius 3 is 2.24 bits per heavy atom. The normalized spacial score (nSPS) is 36.1. The van der Waals surface area contributed by atoms with E-state index in [9.17, 15) is 39.3 Å². The van der Waals surface area contributed by atoms with Gasteiger partial charge in [-0.15, -0.1) is 0 Å². The van der Waals surface area contributed by atoms with Crippen LogP contribution in [0.25, 0.3) is 0 Å². The van der Waals surface area contributed by atoms with E-state index < -0.39 is 76.4 Å². The number of likely N-dealkylation sites (tertiary alicyclic amines) is 1. The van der Waals surface area contributed by atoms with Gasteiger partial charge in [0, 0.05) is 19.0 Å². The predicted molar refractivity (Wildman–Crippen MR) is 146 cm³/mol. The maximum atomic E-state index is 14.1. The van der Waals surface area contributed by atoms with Crippen LogP contribution in [0.2, 0.25) is 0 Å². The van der Waals surface area contributed by atoms with Crippen LogP contribution in [-0.2, 0) is 19.2 Å². The number of aliphatic hydroxyl groups is 2. The number of phenols is 1. The molecule has 222 valence electrons. The minimum absolute atomic E-state index is 0.0893. The second-order valence-electron chi connectivity index (χ2n) is 12.4. The van der Waals surface area contributed by atoms with Crippen molar-refractivity contribution in [3.63, 3.8) is 0 Å². The molecule has 1 aliphatic heterocycles. The lowest BCUT2D eigenvalue weighted by Crippen LogP contribution is -2.77. The highest BCUT2D eigenvalue weighted by molar-refractivity contribution is 6.32. The number of amides is 1. The molecule has 1 saturated heterocycles. The van der Waals surface area contributed by atoms with Crippen molar-refractivity contribution in [3.05, 3.63) is 23.3 Å². The van der Waals surface area contributed by atoms with E-state index in [0.717, 1.165) is 25.9 Å². The molecular formula is C29H38N4O8. The lowest BCUT2D eigenvalue weighted by Gasteiger charge is -2.56. The number of likely N-dealkylation sites (N-methyl/N-ethyl adjacent to an activating group) is 1. The summed E-state index contributed by atoms with van der Waals surface area (Å²) in [4.78, 5) is 72.6. The Labute approximate surface area is 238 Å². The van der Waals surface area contributed by atoms with Crippen molar-refractivity contribution >= 4 is 34.7 Å². The topological polar surface area (TPSA) is 182 Å². The number of Topliss-reactive ketones (excluding diaryl/α,β-unsaturated/α-hetero) is 4. The van der Waals surface area contributed by atoms with E-state index in [1.165, 1.54) is 19.0 Å². The largest absolute Gasteiger partial charge is 0.505 e. The molecule has 0 spiro atoms. The van der Waals surface area contributed by atoms with E-state index in [4.69, 9.17) is 5.73 Å². The van der Waals surface area contributed by atoms with E-state index in [-0.39, 0.29) is 17.4 Å². The predicted octanol–water partition coefficient (Wildman–Crippen LogP) is -1.07. The van der Waals surface area contributed by atoms with Gasteiger partial charge >= 0.3 is 0 Å². The third-order valence-electron chi connectivity index (χ3n) is 10.1. The molecule has 1 amide bonds. The summed E-state index contributed by atoms with van der Waals surface area (Å²) < 4.78 is 0. The summed E-state index contributed by atoms with van der Waals surface area (Å²) in [5.74, 6) is -13.1. The molecule has 12 nitrogen and oxygen atoms in total. The number of carbonyl (C=O) groups excluding carboxylic acids is 5. The van der Waals surface area contributed by atoms with Crippen LogP contribution < -0.4 is 10.6 Å². The van der Waals surface area contributed by atoms with Gasteiger partial charge in [0.15, 0.2) is 34.7 Å². The lowest BCUT2D eigenvalue weighted by molar-refractivity contribution is -0.196. The van der Waals surface area contributed by atoms with Crippen molar-refractivity contribution in [3.8, 4) is 5.75 Å². The number of aliphatic hydroxyl groups excluding tert-OH is 1. The highest BCUT2D eigenvalue weighted by atomic mass is 16.3. The minimum Gasteiger partial charge on any atom is -0.505 e. The molecule has 5 N–H and O–H groups in total. The van der Waals surface area contributed by atoms with Crippen LogP contribution in [0.3, 0.4) is 0 Å². The van der Waals surface area contributed by atoms with Crippen LogP contribution in [0.5, 0.6) is 5.75 Å². The Hall–Kier alpha value is -3.19. The van der Waals surface area contributed by atoms with Crippen molar-refractivity contribution in [2.24, 2.45) is 29.4 Å². The highest BCUT2D eigenvalue weighted by Gasteiger charge is 2.72. The fourth-order valence-electron chi connectivity index (χ4n) is 7.84. The smallest absolute Gasteiger partial charge is 0.235 e. The van der Waals surface area contributed by atoms with Gasteiger partial charge in [0.05, 0.1) is 35.2 Å². The second-order valence-corrected chi connectivity index (χ2v) is 12.4. The van der Waals surface area contributed by atoms with Gasteiger partial charge in [-0.3, -0.25) is 28.9 Å². The minimum atomic E-state index is -3.01. The average Bonchev–Trinajstić information content (AvgIpc) is 2.90. The summed E-state index contributed by atoms with van der Waals surface area (Å²) in [6.07, 6.45) is 0.0618. The Morgan fingerprint density at radius 2 is 1.68 bits per heavy atom. The third-order valence-corrected chi connectivity index (χ3v) is 10.1. The molecule has 0 bridgehead atoms. The molecule has 2 saturated carbocycles. The van der Waals surface area contributed by atoms with Crippen LogP contribution in [-0.4, -0.2) is 119 Å². The van der Waals surface area contributed by atoms with Crippen molar-refractivity contribution in [1.29, 1.82) is 0 Å². The average molecular weight is 571 g/mol. The Balaban J connectivity index is 1.62. The number of hydrogen-bond donors (Lipinski definition) is 4. The summed E-state index contributed by atoms with van der Waals surface area (Å²) >= 11 is 0. The number of nitrogens with two attached hydrogens (primary N) is 1. The molecule has 41 heavy (non-hydrogen) atoms. The van der Waals surface area contributed by atoms with Crippen LogP contribution >= 0.6 is 0 Å². The van der Waals surface area contributed by atoms with E-state index in [1.807, 2.05) is 19.0 Å². The number of nitrogens with zero attached hydrogens (tertiary/aromatic N) is 3. The second kappa shape index (κ2) is 9.97. The molecule has 8 atom stereocenters. The molecule has 1 aromatic rings. The fourth-order valence-corrected chi connectivity index (χ4v) is 7.84. The number of rotatable bonds is 4. The first-order chi connectivity index (χ1) is 19.2. The van der Waals surface area contributed by atoms with Gasteiger partial charge in [0.1, 0.15) is 5.75 Å². The molecule has 3 aliphatic carbocycles. The number of phenolic OH excluding ortho intramolecular Hbond substituents is 1. The Kier molecular flexibility index (Phi) is 7.13. The number of ketones is 4. The molecular weight excluding hydrogens is 532 g/mol. The molecule has 0 aromatic heterocycles. The van der Waals surface area contributed by atoms with E-state index in [1.54, 1.807) is 19.1 Å². The van der Waals surface area contributed by atoms with Gasteiger partial charge in [0.25, 0.3) is 0 Å². The number of carbonyl (C=O) groups is 5. The maximum absolute atomic E-state index is 14.1. The zero-order valence-corrected chi connectivity index (χ0v) is 23.9. The molecule has 0 radical (unpaired) electrons. The summed E-state index contributed by atoms with van der Waals surface area (Å²) in [7, 11) is 6.80. The summed E-state index contributed by atoms with van der Waals surface area (Å²) in [6, 6.07) is 2.15. The van der Waals surface area contributed by atoms with Crippen molar-refractivity contribution in [2.75, 3.05) is 46.2 Å². The Morgan fingerprint density at radius 1 is 1.07 bits per heavy atom. The monoisotopic (exact) mass is 570 g/mol. The maximum Gasteiger partial charge on any atom is 0.235 e. The number of benzene rings is 1. The van der Waals surface area contributed by atoms with Crippen molar-refractivity contribution < 1.29 is 39.3 Å². The molecule has 12 heteroatoms. The quantitative estimate of drug-likeness (QED) is 0.324. The van der Waals surface area contributed by atoms with Crippen LogP contribution in [0.1, 0.15) is 41.6 Å². The first-order valence-electron chi connectivity index (χ1n) is 14.0. The molecule has 1 heterocycles. The number of aromatic hydroxyl groups is 1. The summed E-state index contributed by atoms with van der Waals surface area (Å²) in [5, 5.41) is 34.9. The van der Waals surface area contributed by atoms with Gasteiger partial charge in [-0.1, -0.05) is 13.0 Å². The van der Waals surface area contributed by atoms with Crippen LogP contribution in [0.15, 0.2) is 12.1 Å². The molecule has 4 aliphatic rings. The summed E-state index contributed by atoms with van der Waals surface area (Å²) in [5.41, 5.74) is 3.11. The van der Waals surface area contributed by atoms with E-state index in [0.29, 0.717) is 11.3 Å². The van der Waals surface area contributed by atoms with Crippen molar-refractivity contribution in [2.45, 2.75) is 49.5 Å². The standard InChI is InChI=1S/C29H38N4O8/c1-12-14-6-7-15(33(5)13-8-10-32(4)11-9-13)22(34)17(14)23(35)18-16(12)24(36)20-21(31(2)3)25(37)19(28(30)40)27(39)29(20,41)26(18)38/h6-7,12-13,16,18-21,24,34,36,41H,8-11H2,1-5H3,(H2,30,40)/t12-,16+,18?,19?,20+,21-,24-,29-/m0/s1. The van der Waals surface area contributed by atoms with Gasteiger partial charge < -0.3 is 30.9 Å². The van der Waals surface area contributed by atoms with Gasteiger partial charge in [-0.2, -0.15) is 0 Å². The van der Waals surface area contributed by atoms with Crippen molar-refractivity contribution in [1.82, 2.24) is 9.80 Å². The first kappa shape index (κ1) is 29.3. The number of hydrogen-bond acceptors (Lipinski definition) is 11. The summed E-state index contributed by atoms with van der Waals surface area (Å²) in [6.45, 7) is 3.46. The Bertz CT molecular complexity index is 1340. The molecule has 5 rings (SSSR count). The van der Waals surface area contributed by atoms with Crippen LogP contribution in [0, 0.1) is 23.7 Å². The number of fused-ring (bicyclic) bond motifs is 3. The van der Waals surface area contributed by atoms with E-state index >= 15 is 0 Å². The number of piperidine rings is 1. The number of anilines is 1. The molecule has 2 unspecified atom stereocenters. The zero-order chi connectivity index (χ0) is 30.3. The third kappa shape index (κ3) is 3.98. The van der Waals surface area contributed by atoms with E-state index in [2.05, 4.69) is 4.90 Å². The lowest BCUT2D eigenvalue weighted by atomic mass is 9.49. The molecule has 1 aromatic carbocycles. The zero-order valence-electron chi connectivity index (χ0n) is 23.9. The van der Waals surface area contributed by atoms with Crippen LogP contribution in [0.4, 0.5) is 5.69 Å². The number of primary amides is 1. The first-order valence-corrected chi connectivity index (χ1v) is 14.0. The van der Waals surface area contributed by atoms with Gasteiger partial charge in [0.2, 0.25) is 5.91 Å². The molecule has 3 fully saturated rings.